The number of carbonyl (C=O) groups excluding carboxylic acids is 1. The number of hydrogen-bond donors (Lipinski definition) is 2. The zero-order valence-electron chi connectivity index (χ0n) is 16.3. The highest BCUT2D eigenvalue weighted by molar-refractivity contribution is 5.76. The van der Waals surface area contributed by atoms with Crippen LogP contribution in [0.4, 0.5) is 9.18 Å². The first-order valence-corrected chi connectivity index (χ1v) is 9.48. The van der Waals surface area contributed by atoms with Gasteiger partial charge in [0.15, 0.2) is 0 Å². The maximum atomic E-state index is 13.3. The standard InChI is InChI=1S/C19H29FN6O/c1-14(26-10-8-24(2)9-11-26)6-7-21-19(27)25(3)13-18-22-16-5-4-15(20)12-17(16)23-18/h4-5,12,14H,6-11,13H2,1-3H3,(H,21,27)(H,22,23). The normalized spacial score (nSPS) is 17.2. The van der Waals surface area contributed by atoms with Crippen molar-refractivity contribution >= 4 is 17.1 Å². The summed E-state index contributed by atoms with van der Waals surface area (Å²) in [5, 5.41) is 2.97. The van der Waals surface area contributed by atoms with Crippen LogP contribution in [-0.4, -0.2) is 83.6 Å². The highest BCUT2D eigenvalue weighted by Gasteiger charge is 2.19. The van der Waals surface area contributed by atoms with Gasteiger partial charge < -0.3 is 20.1 Å². The molecule has 2 amide bonds. The number of urea groups is 1. The average molecular weight is 376 g/mol. The summed E-state index contributed by atoms with van der Waals surface area (Å²) in [6.45, 7) is 7.56. The molecule has 1 saturated heterocycles. The number of aromatic nitrogens is 2. The number of imidazole rings is 1. The summed E-state index contributed by atoms with van der Waals surface area (Å²) < 4.78 is 13.3. The third kappa shape index (κ3) is 5.17. The van der Waals surface area contributed by atoms with E-state index in [1.165, 1.54) is 12.1 Å². The second-order valence-electron chi connectivity index (χ2n) is 7.41. The summed E-state index contributed by atoms with van der Waals surface area (Å²) in [4.78, 5) is 26.2. The van der Waals surface area contributed by atoms with Gasteiger partial charge in [-0.2, -0.15) is 0 Å². The molecule has 0 saturated carbocycles. The summed E-state index contributed by atoms with van der Waals surface area (Å²) in [5.41, 5.74) is 1.33. The van der Waals surface area contributed by atoms with Gasteiger partial charge in [0.2, 0.25) is 0 Å². The van der Waals surface area contributed by atoms with Crippen molar-refractivity contribution in [1.29, 1.82) is 0 Å². The number of rotatable bonds is 6. The lowest BCUT2D eigenvalue weighted by Crippen LogP contribution is -2.49. The van der Waals surface area contributed by atoms with Gasteiger partial charge in [-0.1, -0.05) is 0 Å². The minimum Gasteiger partial charge on any atom is -0.340 e. The van der Waals surface area contributed by atoms with Gasteiger partial charge in [0.25, 0.3) is 0 Å². The Morgan fingerprint density at radius 2 is 2.11 bits per heavy atom. The Bertz CT molecular complexity index is 771. The predicted molar refractivity (Wildman–Crippen MR) is 104 cm³/mol. The van der Waals surface area contributed by atoms with Gasteiger partial charge in [-0.05, 0) is 38.6 Å². The molecule has 3 rings (SSSR count). The molecular weight excluding hydrogens is 347 g/mol. The number of hydrogen-bond acceptors (Lipinski definition) is 4. The molecule has 1 fully saturated rings. The van der Waals surface area contributed by atoms with Crippen LogP contribution in [0.15, 0.2) is 18.2 Å². The second-order valence-corrected chi connectivity index (χ2v) is 7.41. The van der Waals surface area contributed by atoms with E-state index in [9.17, 15) is 9.18 Å². The number of nitrogens with zero attached hydrogens (tertiary/aromatic N) is 4. The van der Waals surface area contributed by atoms with Crippen molar-refractivity contribution < 1.29 is 9.18 Å². The summed E-state index contributed by atoms with van der Waals surface area (Å²) >= 11 is 0. The number of H-pyrrole nitrogens is 1. The lowest BCUT2D eigenvalue weighted by atomic mass is 10.1. The molecule has 8 heteroatoms. The number of amides is 2. The summed E-state index contributed by atoms with van der Waals surface area (Å²) in [6, 6.07) is 4.74. The summed E-state index contributed by atoms with van der Waals surface area (Å²) in [6.07, 6.45) is 0.924. The average Bonchev–Trinajstić information content (AvgIpc) is 3.03. The molecule has 0 radical (unpaired) electrons. The van der Waals surface area contributed by atoms with E-state index >= 15 is 0 Å². The monoisotopic (exact) mass is 376 g/mol. The Balaban J connectivity index is 1.43. The minimum atomic E-state index is -0.307. The van der Waals surface area contributed by atoms with Crippen molar-refractivity contribution in [3.05, 3.63) is 29.8 Å². The summed E-state index contributed by atoms with van der Waals surface area (Å²) in [7, 11) is 3.88. The number of piperazine rings is 1. The lowest BCUT2D eigenvalue weighted by Gasteiger charge is -2.36. The van der Waals surface area contributed by atoms with E-state index in [1.807, 2.05) is 0 Å². The first-order valence-electron chi connectivity index (χ1n) is 9.48. The van der Waals surface area contributed by atoms with E-state index in [-0.39, 0.29) is 11.8 Å². The van der Waals surface area contributed by atoms with Gasteiger partial charge in [0.05, 0.1) is 17.6 Å². The molecule has 0 spiro atoms. The van der Waals surface area contributed by atoms with Gasteiger partial charge in [-0.25, -0.2) is 14.2 Å². The van der Waals surface area contributed by atoms with E-state index in [1.54, 1.807) is 18.0 Å². The Morgan fingerprint density at radius 3 is 2.85 bits per heavy atom. The van der Waals surface area contributed by atoms with Gasteiger partial charge in [0, 0.05) is 45.8 Å². The smallest absolute Gasteiger partial charge is 0.317 e. The molecule has 148 valence electrons. The molecule has 2 heterocycles. The molecule has 1 atom stereocenters. The Morgan fingerprint density at radius 1 is 1.37 bits per heavy atom. The zero-order valence-corrected chi connectivity index (χ0v) is 16.3. The predicted octanol–water partition coefficient (Wildman–Crippen LogP) is 1.87. The highest BCUT2D eigenvalue weighted by atomic mass is 19.1. The fourth-order valence-electron chi connectivity index (χ4n) is 3.37. The first-order chi connectivity index (χ1) is 12.9. The Kier molecular flexibility index (Phi) is 6.28. The molecular formula is C19H29FN6O. The topological polar surface area (TPSA) is 67.5 Å². The maximum Gasteiger partial charge on any atom is 0.317 e. The van der Waals surface area contributed by atoms with Crippen molar-refractivity contribution in [2.24, 2.45) is 0 Å². The van der Waals surface area contributed by atoms with Crippen LogP contribution in [0.25, 0.3) is 11.0 Å². The quantitative estimate of drug-likeness (QED) is 0.808. The van der Waals surface area contributed by atoms with Crippen molar-refractivity contribution in [2.75, 3.05) is 46.8 Å². The van der Waals surface area contributed by atoms with Crippen molar-refractivity contribution in [3.63, 3.8) is 0 Å². The van der Waals surface area contributed by atoms with Gasteiger partial charge in [-0.15, -0.1) is 0 Å². The van der Waals surface area contributed by atoms with E-state index in [0.717, 1.165) is 32.6 Å². The van der Waals surface area contributed by atoms with E-state index in [0.29, 0.717) is 36.0 Å². The molecule has 7 nitrogen and oxygen atoms in total. The number of halogens is 1. The number of likely N-dealkylation sites (N-methyl/N-ethyl adjacent to an activating group) is 1. The molecule has 1 aromatic heterocycles. The van der Waals surface area contributed by atoms with Crippen LogP contribution in [-0.2, 0) is 6.54 Å². The molecule has 2 N–H and O–H groups in total. The lowest BCUT2D eigenvalue weighted by molar-refractivity contribution is 0.114. The molecule has 0 aliphatic carbocycles. The number of benzene rings is 1. The molecule has 0 bridgehead atoms. The second kappa shape index (κ2) is 8.67. The van der Waals surface area contributed by atoms with Crippen molar-refractivity contribution in [3.8, 4) is 0 Å². The zero-order chi connectivity index (χ0) is 19.4. The van der Waals surface area contributed by atoms with E-state index < -0.39 is 0 Å². The molecule has 1 unspecified atom stereocenters. The van der Waals surface area contributed by atoms with Crippen LogP contribution in [0, 0.1) is 5.82 Å². The van der Waals surface area contributed by atoms with Crippen LogP contribution in [0.5, 0.6) is 0 Å². The van der Waals surface area contributed by atoms with Crippen molar-refractivity contribution in [2.45, 2.75) is 25.9 Å². The third-order valence-corrected chi connectivity index (χ3v) is 5.23. The number of nitrogens with one attached hydrogen (secondary N) is 2. The van der Waals surface area contributed by atoms with Crippen LogP contribution in [0.2, 0.25) is 0 Å². The molecule has 2 aromatic rings. The van der Waals surface area contributed by atoms with Crippen LogP contribution < -0.4 is 5.32 Å². The number of carbonyl (C=O) groups is 1. The summed E-state index contributed by atoms with van der Waals surface area (Å²) in [5.74, 6) is 0.331. The molecule has 27 heavy (non-hydrogen) atoms. The molecule has 1 aromatic carbocycles. The van der Waals surface area contributed by atoms with Gasteiger partial charge in [0.1, 0.15) is 11.6 Å². The van der Waals surface area contributed by atoms with Crippen LogP contribution in [0.3, 0.4) is 0 Å². The van der Waals surface area contributed by atoms with Crippen molar-refractivity contribution in [1.82, 2.24) is 30.0 Å². The third-order valence-electron chi connectivity index (χ3n) is 5.23. The SMILES string of the molecule is CC(CCNC(=O)N(C)Cc1nc2ccc(F)cc2[nH]1)N1CCN(C)CC1. The van der Waals surface area contributed by atoms with E-state index in [2.05, 4.69) is 39.1 Å². The van der Waals surface area contributed by atoms with Crippen LogP contribution in [0.1, 0.15) is 19.2 Å². The van der Waals surface area contributed by atoms with E-state index in [4.69, 9.17) is 0 Å². The van der Waals surface area contributed by atoms with Gasteiger partial charge in [-0.3, -0.25) is 4.90 Å². The Labute approximate surface area is 159 Å². The first kappa shape index (κ1) is 19.6. The minimum absolute atomic E-state index is 0.132. The van der Waals surface area contributed by atoms with Gasteiger partial charge >= 0.3 is 6.03 Å². The fraction of sp³-hybridized carbons (Fsp3) is 0.579. The largest absolute Gasteiger partial charge is 0.340 e. The maximum absolute atomic E-state index is 13.3. The highest BCUT2D eigenvalue weighted by Crippen LogP contribution is 2.14. The number of aromatic amines is 1. The fourth-order valence-corrected chi connectivity index (χ4v) is 3.37. The van der Waals surface area contributed by atoms with Crippen LogP contribution >= 0.6 is 0 Å². The Hall–Kier alpha value is -2.19. The molecule has 1 aliphatic heterocycles. The number of fused-ring (bicyclic) bond motifs is 1. The molecule has 1 aliphatic rings.